The number of aryl methyl sites for hydroxylation is 2. The summed E-state index contributed by atoms with van der Waals surface area (Å²) in [5.41, 5.74) is 22.9. The van der Waals surface area contributed by atoms with Crippen LogP contribution in [0.5, 0.6) is 0 Å². The molecule has 0 spiro atoms. The van der Waals surface area contributed by atoms with Gasteiger partial charge in [-0.1, -0.05) is 191 Å². The Bertz CT molecular complexity index is 5380. The van der Waals surface area contributed by atoms with Crippen molar-refractivity contribution in [1.29, 1.82) is 0 Å². The first-order chi connectivity index (χ1) is 68.7. The highest BCUT2D eigenvalue weighted by molar-refractivity contribution is 5.94. The Morgan fingerprint density at radius 2 is 0.674 bits per heavy atom. The van der Waals surface area contributed by atoms with Crippen molar-refractivity contribution >= 4 is 59.8 Å². The Morgan fingerprint density at radius 1 is 0.390 bits per heavy atom. The summed E-state index contributed by atoms with van der Waals surface area (Å²) < 4.78 is 28.4. The number of nitrogens with zero attached hydrogens (tertiary/aromatic N) is 9. The van der Waals surface area contributed by atoms with Crippen LogP contribution >= 0.6 is 0 Å². The van der Waals surface area contributed by atoms with Gasteiger partial charge >= 0.3 is 17.9 Å². The maximum atomic E-state index is 13.1. The van der Waals surface area contributed by atoms with Crippen LogP contribution in [0.4, 0.5) is 17.8 Å². The van der Waals surface area contributed by atoms with Crippen LogP contribution in [-0.2, 0) is 91.6 Å². The summed E-state index contributed by atoms with van der Waals surface area (Å²) in [5.74, 6) is 6.09. The second-order valence-corrected chi connectivity index (χ2v) is 39.8. The number of benzene rings is 6. The summed E-state index contributed by atoms with van der Waals surface area (Å²) in [5, 5.41) is 19.0. The number of rotatable bonds is 44. The molecule has 141 heavy (non-hydrogen) atoms. The average molecular weight is 1930 g/mol. The van der Waals surface area contributed by atoms with E-state index in [4.69, 9.17) is 44.3 Å². The number of hydrogen-bond donors (Lipinski definition) is 8. The molecule has 9 aliphatic rings. The van der Waals surface area contributed by atoms with Crippen molar-refractivity contribution < 1.29 is 72.1 Å². The molecule has 3 saturated heterocycles. The lowest BCUT2D eigenvalue weighted by Crippen LogP contribution is -2.32. The van der Waals surface area contributed by atoms with Crippen LogP contribution in [0.15, 0.2) is 201 Å². The molecule has 9 aromatic rings. The topological polar surface area (TPSA) is 390 Å². The number of fused-ring (bicyclic) bond motifs is 3. The van der Waals surface area contributed by atoms with Crippen LogP contribution in [0.25, 0.3) is 0 Å². The molecular weight excluding hydrogens is 1790 g/mol. The van der Waals surface area contributed by atoms with E-state index in [1.165, 1.54) is 61.6 Å². The van der Waals surface area contributed by atoms with E-state index in [1.54, 1.807) is 31.7 Å². The first kappa shape index (κ1) is 103. The fraction of sp³-hybridized carbons (Fsp3) is 0.500. The number of nitrogens with two attached hydrogens (primary N) is 1. The quantitative estimate of drug-likeness (QED) is 0.00439. The van der Waals surface area contributed by atoms with Crippen LogP contribution in [0.2, 0.25) is 0 Å². The van der Waals surface area contributed by atoms with Crippen molar-refractivity contribution in [2.24, 2.45) is 70.8 Å². The number of carbonyl (C=O) groups is 7. The van der Waals surface area contributed by atoms with E-state index in [1.807, 2.05) is 129 Å². The number of anilines is 3. The number of amides is 3. The number of hydroxylamine groups is 3. The second kappa shape index (κ2) is 51.7. The summed E-state index contributed by atoms with van der Waals surface area (Å²) in [4.78, 5) is 129. The molecule has 6 heterocycles. The van der Waals surface area contributed by atoms with Crippen molar-refractivity contribution in [3.8, 4) is 0 Å². The fourth-order valence-corrected chi connectivity index (χ4v) is 20.3. The molecule has 3 aliphatic heterocycles. The van der Waals surface area contributed by atoms with Gasteiger partial charge in [0.15, 0.2) is 12.6 Å². The normalized spacial score (nSPS) is 21.3. The van der Waals surface area contributed by atoms with Crippen molar-refractivity contribution in [2.45, 2.75) is 232 Å². The third kappa shape index (κ3) is 30.1. The van der Waals surface area contributed by atoms with Crippen LogP contribution in [0.3, 0.4) is 0 Å². The third-order valence-corrected chi connectivity index (χ3v) is 28.5. The van der Waals surface area contributed by atoms with E-state index in [9.17, 15) is 33.6 Å². The number of aldehydes is 1. The summed E-state index contributed by atoms with van der Waals surface area (Å²) in [6, 6.07) is 53.7. The SMILES string of the molecule is CC(C)COC(C)ONC(=O)c1cnc(N2CC3C(C=O)C3C2)nc1.CC(C)COC(C)ONC(=O)c1cnc(N2CC3C(CCCc4ccc(CN[C@H](C(=O)OC5CCCC5)c5ccccc5)cc4)C3C2)nc1.NCc1ccc(CN[C@H](C(=O)OC2CCCC2)c2ccccc2)cc1.O=C(NO)c1cnc(N2CC3C(CCCc4ccc(CN[C@H](C(=O)OC5CCCC5)c5ccccc5)cc4)C3C2)nc1. The van der Waals surface area contributed by atoms with Crippen LogP contribution in [0, 0.1) is 65.1 Å². The molecular formula is C110H140N16O15. The molecule has 31 nitrogen and oxygen atoms in total. The lowest BCUT2D eigenvalue weighted by atomic mass is 10.0. The molecule has 9 fully saturated rings. The summed E-state index contributed by atoms with van der Waals surface area (Å²) in [6.45, 7) is 20.5. The van der Waals surface area contributed by atoms with Gasteiger partial charge in [0.05, 0.1) is 29.9 Å². The van der Waals surface area contributed by atoms with Crippen molar-refractivity contribution in [3.05, 3.63) is 268 Å². The maximum absolute atomic E-state index is 13.1. The number of hydrogen-bond acceptors (Lipinski definition) is 28. The minimum Gasteiger partial charge on any atom is -0.461 e. The monoisotopic (exact) mass is 1930 g/mol. The maximum Gasteiger partial charge on any atom is 0.328 e. The minimum absolute atomic E-state index is 0.0485. The van der Waals surface area contributed by atoms with E-state index < -0.39 is 48.4 Å². The molecule has 31 heteroatoms. The Labute approximate surface area is 827 Å². The van der Waals surface area contributed by atoms with Crippen molar-refractivity contribution in [3.63, 3.8) is 0 Å². The van der Waals surface area contributed by atoms with E-state index in [-0.39, 0.29) is 47.7 Å². The first-order valence-electron chi connectivity index (χ1n) is 50.8. The summed E-state index contributed by atoms with van der Waals surface area (Å²) >= 11 is 0. The molecule has 0 bridgehead atoms. The average Bonchev–Trinajstić information content (AvgIpc) is 1.59. The fourth-order valence-electron chi connectivity index (χ4n) is 20.3. The zero-order valence-electron chi connectivity index (χ0n) is 82.1. The van der Waals surface area contributed by atoms with Crippen molar-refractivity contribution in [1.82, 2.24) is 62.3 Å². The van der Waals surface area contributed by atoms with Crippen molar-refractivity contribution in [2.75, 3.05) is 67.2 Å². The number of nitrogens with one attached hydrogen (secondary N) is 6. The number of piperidine rings is 3. The molecule has 6 saturated carbocycles. The third-order valence-electron chi connectivity index (χ3n) is 28.5. The molecule has 750 valence electrons. The Kier molecular flexibility index (Phi) is 37.9. The van der Waals surface area contributed by atoms with Gasteiger partial charge in [0, 0.05) is 109 Å². The predicted octanol–water partition coefficient (Wildman–Crippen LogP) is 15.3. The highest BCUT2D eigenvalue weighted by atomic mass is 16.8. The van der Waals surface area contributed by atoms with Crippen LogP contribution < -0.4 is 52.8 Å². The molecule has 3 amide bonds. The van der Waals surface area contributed by atoms with E-state index in [2.05, 4.69) is 134 Å². The molecule has 8 unspecified atom stereocenters. The van der Waals surface area contributed by atoms with Gasteiger partial charge in [-0.25, -0.2) is 70.4 Å². The number of ether oxygens (including phenoxy) is 5. The predicted molar refractivity (Wildman–Crippen MR) is 533 cm³/mol. The molecule has 6 aromatic carbocycles. The summed E-state index contributed by atoms with van der Waals surface area (Å²) in [7, 11) is 0. The smallest absolute Gasteiger partial charge is 0.328 e. The zero-order valence-corrected chi connectivity index (χ0v) is 82.1. The van der Waals surface area contributed by atoms with Gasteiger partial charge in [0.25, 0.3) is 17.7 Å². The van der Waals surface area contributed by atoms with Gasteiger partial charge in [-0.05, 0) is 239 Å². The minimum atomic E-state index is -0.606. The number of carbonyl (C=O) groups excluding carboxylic acids is 7. The molecule has 18 rings (SSSR count). The highest BCUT2D eigenvalue weighted by Crippen LogP contribution is 2.56. The van der Waals surface area contributed by atoms with Gasteiger partial charge in [-0.2, -0.15) is 0 Å². The lowest BCUT2D eigenvalue weighted by molar-refractivity contribution is -0.163. The van der Waals surface area contributed by atoms with Crippen LogP contribution in [0.1, 0.15) is 244 Å². The molecule has 0 radical (unpaired) electrons. The molecule has 9 N–H and O–H groups in total. The summed E-state index contributed by atoms with van der Waals surface area (Å²) in [6.07, 6.45) is 28.7. The molecule has 6 aliphatic carbocycles. The van der Waals surface area contributed by atoms with Crippen LogP contribution in [-0.4, -0.2) is 160 Å². The molecule has 3 aromatic heterocycles. The zero-order chi connectivity index (χ0) is 98.5. The molecule has 11 atom stereocenters. The number of esters is 3. The Morgan fingerprint density at radius 3 is 0.957 bits per heavy atom. The Balaban J connectivity index is 0.000000148. The number of aromatic nitrogens is 6. The van der Waals surface area contributed by atoms with E-state index in [0.29, 0.717) is 116 Å². The van der Waals surface area contributed by atoms with Gasteiger partial charge in [0.2, 0.25) is 17.8 Å². The Hall–Kier alpha value is -11.9. The van der Waals surface area contributed by atoms with Gasteiger partial charge in [-0.3, -0.25) is 35.5 Å². The lowest BCUT2D eigenvalue weighted by Gasteiger charge is -2.21. The van der Waals surface area contributed by atoms with Gasteiger partial charge in [0.1, 0.15) is 42.7 Å². The highest BCUT2D eigenvalue weighted by Gasteiger charge is 2.58. The van der Waals surface area contributed by atoms with Gasteiger partial charge in [-0.15, -0.1) is 0 Å². The van der Waals surface area contributed by atoms with E-state index >= 15 is 0 Å². The second-order valence-electron chi connectivity index (χ2n) is 39.8. The standard InChI is InChI=1S/C39H51N5O5.C33H39N5O4.C21H26N2O2.C17H24N4O4/c1-26(2)25-47-27(3)49-43-37(45)31-21-41-39(42-22-31)44-23-34-33(35(34)24-44)15-9-10-28-16-18-29(19-17-28)20-40-36(30-11-5-4-6-12-30)38(46)48-32-13-7-8-14-32;39-31(37-41)25-18-35-33(36-19-25)38-20-28-27(29(28)21-38)12-6-7-22-13-15-23(16-14-22)17-34-30(24-8-2-1-3-9-24)32(40)42-26-10-4-5-11-26;22-14-16-10-12-17(13-11-16)15-23-20(18-6-2-1-3-7-18)21(24)25-19-8-4-5-9-19;1-10(2)9-24-11(3)25-20-16(23)12-4-18-17(19-5-12)21-6-13-14(7-21)15(13)8-22/h4-6,11-12,16-19,21-22,26-27,32-36,40H,7-10,13-15,20,23-25H2,1-3H3,(H,43,45);1-3,8-9,13-16,18-19,26-30,34,41H,4-7,10-12,17,20-21H2,(H,37,39);1-3,6-7,10-13,19-20,23H,4-5,8-9,14-15,22H2;4-5,8,10-11,13-15H,6-7,9H2,1-3H3,(H,20,23)/t27?,33?,34?,35?,36-;27?,28?,29?,30-;20-;/m000./s1. The largest absolute Gasteiger partial charge is 0.461 e. The first-order valence-corrected chi connectivity index (χ1v) is 50.8. The van der Waals surface area contributed by atoms with E-state index in [0.717, 1.165) is 186 Å². The van der Waals surface area contributed by atoms with Gasteiger partial charge < -0.3 is 48.9 Å².